The van der Waals surface area contributed by atoms with Crippen LogP contribution in [0, 0.1) is 5.92 Å². The lowest BCUT2D eigenvalue weighted by atomic mass is 9.77. The first kappa shape index (κ1) is 19.7. The summed E-state index contributed by atoms with van der Waals surface area (Å²) in [5.41, 5.74) is 1.44. The number of hydrogen-bond acceptors (Lipinski definition) is 5. The van der Waals surface area contributed by atoms with Crippen molar-refractivity contribution < 1.29 is 23.6 Å². The SMILES string of the molecule is CC1CCC2(CC1)NC(=O)N(NC(=O)CCNC(=O)/C=C/c1ccco1)C2=O. The van der Waals surface area contributed by atoms with Crippen molar-refractivity contribution in [3.05, 3.63) is 30.2 Å². The van der Waals surface area contributed by atoms with E-state index in [4.69, 9.17) is 4.42 Å². The predicted octanol–water partition coefficient (Wildman–Crippen LogP) is 1.33. The molecule has 5 amide bonds. The summed E-state index contributed by atoms with van der Waals surface area (Å²) < 4.78 is 5.07. The zero-order valence-corrected chi connectivity index (χ0v) is 15.7. The lowest BCUT2D eigenvalue weighted by molar-refractivity contribution is -0.140. The predicted molar refractivity (Wildman–Crippen MR) is 99.3 cm³/mol. The van der Waals surface area contributed by atoms with Gasteiger partial charge >= 0.3 is 6.03 Å². The van der Waals surface area contributed by atoms with Gasteiger partial charge in [0.2, 0.25) is 11.8 Å². The summed E-state index contributed by atoms with van der Waals surface area (Å²) in [5, 5.41) is 6.05. The van der Waals surface area contributed by atoms with Crippen LogP contribution in [0.3, 0.4) is 0 Å². The highest BCUT2D eigenvalue weighted by molar-refractivity contribution is 6.08. The molecule has 28 heavy (non-hydrogen) atoms. The molecule has 150 valence electrons. The largest absolute Gasteiger partial charge is 0.465 e. The van der Waals surface area contributed by atoms with Gasteiger partial charge in [-0.05, 0) is 49.8 Å². The van der Waals surface area contributed by atoms with Gasteiger partial charge in [-0.25, -0.2) is 4.79 Å². The van der Waals surface area contributed by atoms with E-state index >= 15 is 0 Å². The monoisotopic (exact) mass is 388 g/mol. The lowest BCUT2D eigenvalue weighted by Gasteiger charge is -2.33. The maximum absolute atomic E-state index is 12.7. The van der Waals surface area contributed by atoms with Crippen LogP contribution in [0.25, 0.3) is 6.08 Å². The van der Waals surface area contributed by atoms with E-state index in [9.17, 15) is 19.2 Å². The molecule has 2 aliphatic rings. The second-order valence-electron chi connectivity index (χ2n) is 7.26. The highest BCUT2D eigenvalue weighted by Gasteiger charge is 2.52. The second kappa shape index (κ2) is 8.28. The third-order valence-corrected chi connectivity index (χ3v) is 5.12. The summed E-state index contributed by atoms with van der Waals surface area (Å²) in [6, 6.07) is 2.79. The molecule has 3 rings (SSSR count). The molecule has 0 aromatic carbocycles. The number of carbonyl (C=O) groups is 4. The zero-order valence-electron chi connectivity index (χ0n) is 15.7. The second-order valence-corrected chi connectivity index (χ2v) is 7.26. The first-order chi connectivity index (χ1) is 13.4. The van der Waals surface area contributed by atoms with Crippen molar-refractivity contribution in [1.82, 2.24) is 21.1 Å². The average Bonchev–Trinajstić information content (AvgIpc) is 3.26. The maximum Gasteiger partial charge on any atom is 0.344 e. The van der Waals surface area contributed by atoms with Crippen LogP contribution in [0.5, 0.6) is 0 Å². The summed E-state index contributed by atoms with van der Waals surface area (Å²) in [4.78, 5) is 48.6. The molecule has 0 bridgehead atoms. The number of amides is 5. The number of carbonyl (C=O) groups excluding carboxylic acids is 4. The van der Waals surface area contributed by atoms with E-state index in [2.05, 4.69) is 23.0 Å². The summed E-state index contributed by atoms with van der Waals surface area (Å²) in [7, 11) is 0. The van der Waals surface area contributed by atoms with E-state index in [0.29, 0.717) is 24.5 Å². The topological polar surface area (TPSA) is 121 Å². The van der Waals surface area contributed by atoms with Gasteiger partial charge in [-0.1, -0.05) is 6.92 Å². The van der Waals surface area contributed by atoms with Gasteiger partial charge in [-0.3, -0.25) is 19.8 Å². The third-order valence-electron chi connectivity index (χ3n) is 5.12. The van der Waals surface area contributed by atoms with Crippen molar-refractivity contribution in [2.75, 3.05) is 6.54 Å². The van der Waals surface area contributed by atoms with E-state index < -0.39 is 23.4 Å². The molecular weight excluding hydrogens is 364 g/mol. The van der Waals surface area contributed by atoms with Crippen molar-refractivity contribution in [3.63, 3.8) is 0 Å². The Bertz CT molecular complexity index is 778. The molecule has 1 aromatic rings. The minimum atomic E-state index is -0.901. The Morgan fingerprint density at radius 1 is 1.36 bits per heavy atom. The third kappa shape index (κ3) is 4.41. The molecule has 9 nitrogen and oxygen atoms in total. The van der Waals surface area contributed by atoms with Crippen molar-refractivity contribution in [2.45, 2.75) is 44.6 Å². The van der Waals surface area contributed by atoms with Gasteiger partial charge < -0.3 is 15.1 Å². The van der Waals surface area contributed by atoms with Gasteiger partial charge in [0.1, 0.15) is 11.3 Å². The normalized spacial score (nSPS) is 24.6. The van der Waals surface area contributed by atoms with Crippen molar-refractivity contribution in [3.8, 4) is 0 Å². The highest BCUT2D eigenvalue weighted by atomic mass is 16.3. The van der Waals surface area contributed by atoms with Crippen molar-refractivity contribution in [2.24, 2.45) is 5.92 Å². The Balaban J connectivity index is 1.44. The summed E-state index contributed by atoms with van der Waals surface area (Å²) in [6.45, 7) is 2.19. The van der Waals surface area contributed by atoms with Crippen LogP contribution < -0.4 is 16.1 Å². The standard InChI is InChI=1S/C19H24N4O5/c1-13-6-9-19(10-7-13)17(26)23(18(27)21-19)22-16(25)8-11-20-15(24)5-4-14-3-2-12-28-14/h2-5,12-13H,6-11H2,1H3,(H,20,24)(H,21,27)(H,22,25)/b5-4+. The van der Waals surface area contributed by atoms with Gasteiger partial charge in [0.05, 0.1) is 6.26 Å². The molecule has 1 saturated carbocycles. The maximum atomic E-state index is 12.7. The van der Waals surface area contributed by atoms with Crippen LogP contribution in [0.2, 0.25) is 0 Å². The minimum absolute atomic E-state index is 0.0680. The number of nitrogens with zero attached hydrogens (tertiary/aromatic N) is 1. The molecule has 2 fully saturated rings. The van der Waals surface area contributed by atoms with Crippen LogP contribution in [0.4, 0.5) is 4.79 Å². The number of rotatable bonds is 6. The van der Waals surface area contributed by atoms with Gasteiger partial charge in [0, 0.05) is 19.0 Å². The first-order valence-corrected chi connectivity index (χ1v) is 9.35. The molecule has 0 radical (unpaired) electrons. The van der Waals surface area contributed by atoms with Crippen LogP contribution in [0.15, 0.2) is 28.9 Å². The number of hydrazine groups is 1. The number of imide groups is 1. The molecule has 2 heterocycles. The smallest absolute Gasteiger partial charge is 0.344 e. The number of furan rings is 1. The average molecular weight is 388 g/mol. The Kier molecular flexibility index (Phi) is 5.81. The van der Waals surface area contributed by atoms with Gasteiger partial charge in [-0.2, -0.15) is 5.01 Å². The van der Waals surface area contributed by atoms with Crippen molar-refractivity contribution in [1.29, 1.82) is 0 Å². The van der Waals surface area contributed by atoms with Gasteiger partial charge in [-0.15, -0.1) is 0 Å². The van der Waals surface area contributed by atoms with Gasteiger partial charge in [0.25, 0.3) is 5.91 Å². The molecule has 0 atom stereocenters. The Morgan fingerprint density at radius 2 is 2.11 bits per heavy atom. The number of nitrogens with one attached hydrogen (secondary N) is 3. The summed E-state index contributed by atoms with van der Waals surface area (Å²) in [5.74, 6) is -0.264. The molecule has 9 heteroatoms. The molecule has 1 aliphatic carbocycles. The van der Waals surface area contributed by atoms with Gasteiger partial charge in [0.15, 0.2) is 0 Å². The molecule has 1 aromatic heterocycles. The fourth-order valence-corrected chi connectivity index (χ4v) is 3.40. The van der Waals surface area contributed by atoms with E-state index in [-0.39, 0.29) is 18.9 Å². The first-order valence-electron chi connectivity index (χ1n) is 9.35. The van der Waals surface area contributed by atoms with E-state index in [1.807, 2.05) is 0 Å². The fourth-order valence-electron chi connectivity index (χ4n) is 3.40. The molecular formula is C19H24N4O5. The molecule has 3 N–H and O–H groups in total. The van der Waals surface area contributed by atoms with E-state index in [1.54, 1.807) is 12.1 Å². The zero-order chi connectivity index (χ0) is 20.1. The van der Waals surface area contributed by atoms with Crippen LogP contribution in [0.1, 0.15) is 44.8 Å². The Morgan fingerprint density at radius 3 is 2.79 bits per heavy atom. The highest BCUT2D eigenvalue weighted by Crippen LogP contribution is 2.35. The molecule has 1 spiro atoms. The molecule has 0 unspecified atom stereocenters. The van der Waals surface area contributed by atoms with Crippen molar-refractivity contribution >= 4 is 29.8 Å². The van der Waals surface area contributed by atoms with E-state index in [0.717, 1.165) is 17.9 Å². The van der Waals surface area contributed by atoms with Crippen LogP contribution >= 0.6 is 0 Å². The Hall–Kier alpha value is -3.10. The molecule has 1 saturated heterocycles. The summed E-state index contributed by atoms with van der Waals surface area (Å²) >= 11 is 0. The summed E-state index contributed by atoms with van der Waals surface area (Å²) in [6.07, 6.45) is 7.08. The quantitative estimate of drug-likeness (QED) is 0.501. The lowest BCUT2D eigenvalue weighted by Crippen LogP contribution is -2.51. The van der Waals surface area contributed by atoms with Crippen LogP contribution in [-0.2, 0) is 14.4 Å². The van der Waals surface area contributed by atoms with E-state index in [1.165, 1.54) is 18.4 Å². The minimum Gasteiger partial charge on any atom is -0.465 e. The number of urea groups is 1. The number of hydrogen-bond donors (Lipinski definition) is 3. The fraction of sp³-hybridized carbons (Fsp3) is 0.474. The Labute approximate surface area is 162 Å². The van der Waals surface area contributed by atoms with Crippen LogP contribution in [-0.4, -0.2) is 40.8 Å². The molecule has 1 aliphatic heterocycles.